The molecule has 168 valence electrons. The summed E-state index contributed by atoms with van der Waals surface area (Å²) in [5.74, 6) is 1.70. The van der Waals surface area contributed by atoms with Crippen LogP contribution in [0.15, 0.2) is 53.0 Å². The largest absolute Gasteiger partial charge is 0.497 e. The van der Waals surface area contributed by atoms with Gasteiger partial charge in [-0.1, -0.05) is 53.5 Å². The zero-order valence-electron chi connectivity index (χ0n) is 18.4. The molecule has 2 rings (SSSR count). The summed E-state index contributed by atoms with van der Waals surface area (Å²) in [5.41, 5.74) is 2.12. The first kappa shape index (κ1) is 25.3. The Bertz CT molecular complexity index is 828. The number of hydrogen-bond acceptors (Lipinski definition) is 4. The molecule has 0 spiro atoms. The zero-order chi connectivity index (χ0) is 22.6. The van der Waals surface area contributed by atoms with E-state index in [-0.39, 0.29) is 11.8 Å². The Morgan fingerprint density at radius 3 is 2.35 bits per heavy atom. The van der Waals surface area contributed by atoms with E-state index in [4.69, 9.17) is 4.74 Å². The highest BCUT2D eigenvalue weighted by Gasteiger charge is 2.25. The predicted molar refractivity (Wildman–Crippen MR) is 131 cm³/mol. The second-order valence-corrected chi connectivity index (χ2v) is 9.21. The molecule has 2 amide bonds. The summed E-state index contributed by atoms with van der Waals surface area (Å²) < 4.78 is 6.16. The lowest BCUT2D eigenvalue weighted by atomic mass is 10.1. The van der Waals surface area contributed by atoms with Gasteiger partial charge in [-0.25, -0.2) is 0 Å². The molecular weight excluding hydrogens is 476 g/mol. The average molecular weight is 507 g/mol. The van der Waals surface area contributed by atoms with E-state index in [1.54, 1.807) is 30.7 Å². The Labute approximate surface area is 198 Å². The highest BCUT2D eigenvalue weighted by molar-refractivity contribution is 9.10. The molecule has 0 saturated carbocycles. The topological polar surface area (TPSA) is 58.6 Å². The number of carbonyl (C=O) groups is 2. The predicted octanol–water partition coefficient (Wildman–Crippen LogP) is 5.02. The van der Waals surface area contributed by atoms with Crippen molar-refractivity contribution < 1.29 is 14.3 Å². The molecule has 2 aromatic carbocycles. The van der Waals surface area contributed by atoms with Crippen LogP contribution in [0.25, 0.3) is 0 Å². The van der Waals surface area contributed by atoms with Gasteiger partial charge in [0.15, 0.2) is 0 Å². The molecule has 0 aliphatic heterocycles. The molecule has 2 aromatic rings. The normalized spacial score (nSPS) is 11.6. The standard InChI is InChI=1S/C24H31BrN2O3S/c1-4-5-14-26-24(29)18(2)27(15-19-6-10-21(25)11-7-19)23(28)17-31-16-20-8-12-22(30-3)13-9-20/h6-13,18H,4-5,14-17H2,1-3H3,(H,26,29). The van der Waals surface area contributed by atoms with Gasteiger partial charge in [0.25, 0.3) is 0 Å². The number of ether oxygens (including phenoxy) is 1. The number of halogens is 1. The lowest BCUT2D eigenvalue weighted by Gasteiger charge is -2.29. The number of rotatable bonds is 12. The first-order chi connectivity index (χ1) is 14.9. The van der Waals surface area contributed by atoms with Crippen molar-refractivity contribution in [3.63, 3.8) is 0 Å². The van der Waals surface area contributed by atoms with Crippen LogP contribution in [0.3, 0.4) is 0 Å². The van der Waals surface area contributed by atoms with Gasteiger partial charge < -0.3 is 15.0 Å². The fraction of sp³-hybridized carbons (Fsp3) is 0.417. The van der Waals surface area contributed by atoms with Gasteiger partial charge in [0.1, 0.15) is 11.8 Å². The Kier molecular flexibility index (Phi) is 10.9. The quantitative estimate of drug-likeness (QED) is 0.410. The van der Waals surface area contributed by atoms with Crippen LogP contribution in [-0.2, 0) is 21.9 Å². The Hall–Kier alpha value is -1.99. The Morgan fingerprint density at radius 1 is 1.10 bits per heavy atom. The molecule has 1 atom stereocenters. The molecule has 0 radical (unpaired) electrons. The molecule has 0 saturated heterocycles. The van der Waals surface area contributed by atoms with Crippen LogP contribution < -0.4 is 10.1 Å². The van der Waals surface area contributed by atoms with Gasteiger partial charge in [-0.05, 0) is 48.7 Å². The molecule has 31 heavy (non-hydrogen) atoms. The number of amides is 2. The number of unbranched alkanes of at least 4 members (excludes halogenated alkanes) is 1. The third-order valence-electron chi connectivity index (χ3n) is 4.92. The SMILES string of the molecule is CCCCNC(=O)C(C)N(Cc1ccc(Br)cc1)C(=O)CSCc1ccc(OC)cc1. The van der Waals surface area contributed by atoms with Crippen molar-refractivity contribution in [2.75, 3.05) is 19.4 Å². The molecule has 7 heteroatoms. The molecule has 1 unspecified atom stereocenters. The molecule has 0 aromatic heterocycles. The number of methoxy groups -OCH3 is 1. The number of nitrogens with one attached hydrogen (secondary N) is 1. The van der Waals surface area contributed by atoms with E-state index in [1.807, 2.05) is 48.5 Å². The first-order valence-electron chi connectivity index (χ1n) is 10.5. The summed E-state index contributed by atoms with van der Waals surface area (Å²) in [4.78, 5) is 27.4. The van der Waals surface area contributed by atoms with E-state index >= 15 is 0 Å². The van der Waals surface area contributed by atoms with E-state index < -0.39 is 6.04 Å². The van der Waals surface area contributed by atoms with E-state index in [0.29, 0.717) is 18.8 Å². The van der Waals surface area contributed by atoms with Crippen molar-refractivity contribution in [3.8, 4) is 5.75 Å². The van der Waals surface area contributed by atoms with Crippen molar-refractivity contribution in [1.82, 2.24) is 10.2 Å². The average Bonchev–Trinajstić information content (AvgIpc) is 2.78. The van der Waals surface area contributed by atoms with Crippen LogP contribution in [0.2, 0.25) is 0 Å². The maximum atomic E-state index is 13.1. The van der Waals surface area contributed by atoms with E-state index in [9.17, 15) is 9.59 Å². The van der Waals surface area contributed by atoms with Gasteiger partial charge in [-0.3, -0.25) is 9.59 Å². The van der Waals surface area contributed by atoms with E-state index in [0.717, 1.165) is 39.9 Å². The van der Waals surface area contributed by atoms with Crippen LogP contribution >= 0.6 is 27.7 Å². The molecule has 0 aliphatic carbocycles. The van der Waals surface area contributed by atoms with Crippen LogP contribution in [0.1, 0.15) is 37.8 Å². The monoisotopic (exact) mass is 506 g/mol. The summed E-state index contributed by atoms with van der Waals surface area (Å²) in [5, 5.41) is 2.95. The molecule has 0 heterocycles. The minimum absolute atomic E-state index is 0.0421. The second-order valence-electron chi connectivity index (χ2n) is 7.31. The van der Waals surface area contributed by atoms with Gasteiger partial charge in [0, 0.05) is 23.3 Å². The number of hydrogen-bond donors (Lipinski definition) is 1. The van der Waals surface area contributed by atoms with Crippen LogP contribution in [0, 0.1) is 0 Å². The van der Waals surface area contributed by atoms with Crippen molar-refractivity contribution in [2.45, 2.75) is 45.0 Å². The van der Waals surface area contributed by atoms with Gasteiger partial charge >= 0.3 is 0 Å². The van der Waals surface area contributed by atoms with E-state index in [2.05, 4.69) is 28.2 Å². The number of thioether (sulfide) groups is 1. The van der Waals surface area contributed by atoms with Crippen LogP contribution in [0.5, 0.6) is 5.75 Å². The van der Waals surface area contributed by atoms with Crippen molar-refractivity contribution in [1.29, 1.82) is 0 Å². The molecule has 0 fully saturated rings. The lowest BCUT2D eigenvalue weighted by molar-refractivity contribution is -0.138. The fourth-order valence-corrected chi connectivity index (χ4v) is 4.10. The summed E-state index contributed by atoms with van der Waals surface area (Å²) in [6.07, 6.45) is 1.94. The minimum atomic E-state index is -0.533. The molecule has 1 N–H and O–H groups in total. The zero-order valence-corrected chi connectivity index (χ0v) is 20.8. The summed E-state index contributed by atoms with van der Waals surface area (Å²) >= 11 is 4.99. The summed E-state index contributed by atoms with van der Waals surface area (Å²) in [6, 6.07) is 15.1. The van der Waals surface area contributed by atoms with Gasteiger partial charge in [0.2, 0.25) is 11.8 Å². The van der Waals surface area contributed by atoms with Crippen molar-refractivity contribution >= 4 is 39.5 Å². The van der Waals surface area contributed by atoms with Crippen LogP contribution in [0.4, 0.5) is 0 Å². The molecular formula is C24H31BrN2O3S. The lowest BCUT2D eigenvalue weighted by Crippen LogP contribution is -2.48. The first-order valence-corrected chi connectivity index (χ1v) is 12.4. The smallest absolute Gasteiger partial charge is 0.242 e. The molecule has 0 bridgehead atoms. The Morgan fingerprint density at radius 2 is 1.74 bits per heavy atom. The van der Waals surface area contributed by atoms with Crippen LogP contribution in [-0.4, -0.2) is 42.2 Å². The maximum absolute atomic E-state index is 13.1. The highest BCUT2D eigenvalue weighted by Crippen LogP contribution is 2.19. The van der Waals surface area contributed by atoms with Crippen molar-refractivity contribution in [3.05, 3.63) is 64.1 Å². The van der Waals surface area contributed by atoms with E-state index in [1.165, 1.54) is 0 Å². The summed E-state index contributed by atoms with van der Waals surface area (Å²) in [7, 11) is 1.64. The third kappa shape index (κ3) is 8.57. The maximum Gasteiger partial charge on any atom is 0.242 e. The molecule has 0 aliphatic rings. The Balaban J connectivity index is 2.01. The number of benzene rings is 2. The van der Waals surface area contributed by atoms with Gasteiger partial charge in [-0.15, -0.1) is 11.8 Å². The number of carbonyl (C=O) groups excluding carboxylic acids is 2. The van der Waals surface area contributed by atoms with Crippen molar-refractivity contribution in [2.24, 2.45) is 0 Å². The number of nitrogens with zero attached hydrogens (tertiary/aromatic N) is 1. The molecule has 5 nitrogen and oxygen atoms in total. The second kappa shape index (κ2) is 13.4. The van der Waals surface area contributed by atoms with Gasteiger partial charge in [-0.2, -0.15) is 0 Å². The minimum Gasteiger partial charge on any atom is -0.497 e. The third-order valence-corrected chi connectivity index (χ3v) is 6.43. The summed E-state index contributed by atoms with van der Waals surface area (Å²) in [6.45, 7) is 4.91. The highest BCUT2D eigenvalue weighted by atomic mass is 79.9. The van der Waals surface area contributed by atoms with Gasteiger partial charge in [0.05, 0.1) is 12.9 Å². The fourth-order valence-electron chi connectivity index (χ4n) is 2.97.